The fraction of sp³-hybridized carbons (Fsp3) is 0.474. The first-order valence-corrected chi connectivity index (χ1v) is 9.02. The number of guanidine groups is 1. The highest BCUT2D eigenvalue weighted by Crippen LogP contribution is 2.32. The average molecular weight is 524 g/mol. The van der Waals surface area contributed by atoms with Crippen LogP contribution in [0.4, 0.5) is 8.78 Å². The number of benzene rings is 1. The lowest BCUT2D eigenvalue weighted by molar-refractivity contribution is -0.0520. The maximum absolute atomic E-state index is 12.8. The van der Waals surface area contributed by atoms with Gasteiger partial charge in [0.15, 0.2) is 17.5 Å². The van der Waals surface area contributed by atoms with Crippen molar-refractivity contribution in [3.8, 4) is 11.5 Å². The fourth-order valence-electron chi connectivity index (χ4n) is 2.76. The van der Waals surface area contributed by atoms with Crippen LogP contribution in [0.5, 0.6) is 11.5 Å². The first-order chi connectivity index (χ1) is 13.5. The Labute approximate surface area is 186 Å². The molecule has 0 aliphatic heterocycles. The Bertz CT molecular complexity index is 780. The monoisotopic (exact) mass is 524 g/mol. The van der Waals surface area contributed by atoms with Gasteiger partial charge in [-0.1, -0.05) is 17.3 Å². The minimum atomic E-state index is -2.94. The van der Waals surface area contributed by atoms with Crippen molar-refractivity contribution in [1.82, 2.24) is 15.8 Å². The molecule has 162 valence electrons. The van der Waals surface area contributed by atoms with E-state index in [1.807, 2.05) is 13.8 Å². The van der Waals surface area contributed by atoms with Crippen molar-refractivity contribution in [1.29, 1.82) is 0 Å². The normalized spacial score (nSPS) is 11.2. The molecule has 2 aromatic rings. The molecule has 1 heterocycles. The number of hydrogen-bond donors (Lipinski definition) is 2. The van der Waals surface area contributed by atoms with Crippen LogP contribution in [0.15, 0.2) is 27.7 Å². The van der Waals surface area contributed by atoms with Gasteiger partial charge in [0.25, 0.3) is 0 Å². The van der Waals surface area contributed by atoms with Crippen LogP contribution in [0.25, 0.3) is 0 Å². The first kappa shape index (κ1) is 24.9. The van der Waals surface area contributed by atoms with Gasteiger partial charge in [-0.2, -0.15) is 8.78 Å². The van der Waals surface area contributed by atoms with Crippen LogP contribution >= 0.6 is 24.0 Å². The molecule has 7 nitrogen and oxygen atoms in total. The summed E-state index contributed by atoms with van der Waals surface area (Å²) in [4.78, 5) is 4.15. The van der Waals surface area contributed by atoms with Gasteiger partial charge in [0.1, 0.15) is 5.76 Å². The number of nitrogens with zero attached hydrogens (tertiary/aromatic N) is 2. The largest absolute Gasteiger partial charge is 0.490 e. The predicted molar refractivity (Wildman–Crippen MR) is 118 cm³/mol. The molecule has 0 radical (unpaired) electrons. The smallest absolute Gasteiger partial charge is 0.387 e. The van der Waals surface area contributed by atoms with Crippen molar-refractivity contribution in [2.24, 2.45) is 4.99 Å². The molecule has 0 saturated carbocycles. The van der Waals surface area contributed by atoms with Gasteiger partial charge in [-0.3, -0.25) is 4.99 Å². The highest BCUT2D eigenvalue weighted by Gasteiger charge is 2.16. The Balaban J connectivity index is 0.00000420. The molecular weight excluding hydrogens is 497 g/mol. The Morgan fingerprint density at radius 3 is 2.62 bits per heavy atom. The van der Waals surface area contributed by atoms with E-state index < -0.39 is 6.61 Å². The number of para-hydroxylation sites is 1. The number of ether oxygens (including phenoxy) is 2. The second-order valence-corrected chi connectivity index (χ2v) is 5.96. The molecule has 0 atom stereocenters. The molecule has 0 saturated heterocycles. The molecule has 0 aliphatic rings. The van der Waals surface area contributed by atoms with Gasteiger partial charge in [0.2, 0.25) is 0 Å². The van der Waals surface area contributed by atoms with Crippen LogP contribution in [0.2, 0.25) is 0 Å². The van der Waals surface area contributed by atoms with Crippen molar-refractivity contribution >= 4 is 29.9 Å². The van der Waals surface area contributed by atoms with Gasteiger partial charge in [0.05, 0.1) is 12.3 Å². The molecule has 1 aromatic carbocycles. The lowest BCUT2D eigenvalue weighted by atomic mass is 10.1. The van der Waals surface area contributed by atoms with E-state index in [0.717, 1.165) is 23.4 Å². The number of aryl methyl sites for hydroxylation is 2. The minimum absolute atomic E-state index is 0. The summed E-state index contributed by atoms with van der Waals surface area (Å²) >= 11 is 0. The number of nitrogens with one attached hydrogen (secondary N) is 2. The Hall–Kier alpha value is -2.11. The average Bonchev–Trinajstić information content (AvgIpc) is 2.98. The van der Waals surface area contributed by atoms with Gasteiger partial charge in [-0.15, -0.1) is 24.0 Å². The van der Waals surface area contributed by atoms with Crippen molar-refractivity contribution < 1.29 is 22.8 Å². The minimum Gasteiger partial charge on any atom is -0.490 e. The summed E-state index contributed by atoms with van der Waals surface area (Å²) in [6.07, 6.45) is 0.724. The number of aromatic nitrogens is 1. The van der Waals surface area contributed by atoms with Crippen LogP contribution in [0.1, 0.15) is 29.5 Å². The van der Waals surface area contributed by atoms with Crippen molar-refractivity contribution in [3.63, 3.8) is 0 Å². The van der Waals surface area contributed by atoms with Gasteiger partial charge in [-0.25, -0.2) is 0 Å². The molecule has 2 rings (SSSR count). The van der Waals surface area contributed by atoms with E-state index in [1.165, 1.54) is 0 Å². The predicted octanol–water partition coefficient (Wildman–Crippen LogP) is 3.82. The molecule has 2 N–H and O–H groups in total. The van der Waals surface area contributed by atoms with Gasteiger partial charge < -0.3 is 24.6 Å². The van der Waals surface area contributed by atoms with Crippen LogP contribution < -0.4 is 20.1 Å². The number of halogens is 3. The van der Waals surface area contributed by atoms with Crippen molar-refractivity contribution in [2.75, 3.05) is 20.2 Å². The fourth-order valence-corrected chi connectivity index (χ4v) is 2.76. The lowest BCUT2D eigenvalue weighted by Crippen LogP contribution is -2.38. The van der Waals surface area contributed by atoms with E-state index in [-0.39, 0.29) is 42.0 Å². The van der Waals surface area contributed by atoms with E-state index in [9.17, 15) is 8.78 Å². The molecule has 0 spiro atoms. The molecular formula is C19H27F2IN4O3. The zero-order valence-electron chi connectivity index (χ0n) is 16.9. The molecule has 1 aromatic heterocycles. The van der Waals surface area contributed by atoms with Crippen LogP contribution in [-0.2, 0) is 13.0 Å². The second-order valence-electron chi connectivity index (χ2n) is 5.96. The third-order valence-electron chi connectivity index (χ3n) is 4.09. The van der Waals surface area contributed by atoms with Gasteiger partial charge in [0, 0.05) is 31.3 Å². The number of hydrogen-bond acceptors (Lipinski definition) is 5. The SMILES string of the molecule is CCOc1cccc(CNC(=NC)NCCc2c(C)noc2C)c1OC(F)F.I. The summed E-state index contributed by atoms with van der Waals surface area (Å²) in [6.45, 7) is 3.82. The summed E-state index contributed by atoms with van der Waals surface area (Å²) in [5.41, 5.74) is 2.46. The van der Waals surface area contributed by atoms with E-state index in [4.69, 9.17) is 9.26 Å². The molecule has 0 bridgehead atoms. The molecule has 0 aliphatic carbocycles. The second kappa shape index (κ2) is 12.5. The summed E-state index contributed by atoms with van der Waals surface area (Å²) in [5.74, 6) is 1.64. The summed E-state index contributed by atoms with van der Waals surface area (Å²) in [5, 5.41) is 10.2. The number of alkyl halides is 2. The van der Waals surface area contributed by atoms with E-state index >= 15 is 0 Å². The first-order valence-electron chi connectivity index (χ1n) is 9.02. The third-order valence-corrected chi connectivity index (χ3v) is 4.09. The van der Waals surface area contributed by atoms with E-state index in [0.29, 0.717) is 24.7 Å². The maximum Gasteiger partial charge on any atom is 0.387 e. The Kier molecular flexibility index (Phi) is 10.7. The highest BCUT2D eigenvalue weighted by atomic mass is 127. The Morgan fingerprint density at radius 1 is 1.28 bits per heavy atom. The molecule has 0 fully saturated rings. The zero-order chi connectivity index (χ0) is 20.5. The quantitative estimate of drug-likeness (QED) is 0.295. The zero-order valence-corrected chi connectivity index (χ0v) is 19.3. The standard InChI is InChI=1S/C19H26F2N4O3.HI/c1-5-26-16-8-6-7-14(17(16)27-18(20)21)11-24-19(22-4)23-10-9-15-12(2)25-28-13(15)3;/h6-8,18H,5,9-11H2,1-4H3,(H2,22,23,24);1H. The summed E-state index contributed by atoms with van der Waals surface area (Å²) in [6, 6.07) is 5.03. The molecule has 29 heavy (non-hydrogen) atoms. The Morgan fingerprint density at radius 2 is 2.03 bits per heavy atom. The van der Waals surface area contributed by atoms with Gasteiger partial charge >= 0.3 is 6.61 Å². The van der Waals surface area contributed by atoms with E-state index in [2.05, 4.69) is 25.5 Å². The van der Waals surface area contributed by atoms with Crippen LogP contribution in [0.3, 0.4) is 0 Å². The van der Waals surface area contributed by atoms with Gasteiger partial charge in [-0.05, 0) is 33.3 Å². The van der Waals surface area contributed by atoms with Crippen LogP contribution in [-0.4, -0.2) is 37.9 Å². The summed E-state index contributed by atoms with van der Waals surface area (Å²) in [7, 11) is 1.64. The van der Waals surface area contributed by atoms with Crippen molar-refractivity contribution in [2.45, 2.75) is 40.3 Å². The maximum atomic E-state index is 12.8. The van der Waals surface area contributed by atoms with E-state index in [1.54, 1.807) is 32.2 Å². The topological polar surface area (TPSA) is 80.9 Å². The number of aliphatic imine (C=N–C) groups is 1. The third kappa shape index (κ3) is 7.33. The number of rotatable bonds is 9. The summed E-state index contributed by atoms with van der Waals surface area (Å²) < 4.78 is 40.8. The lowest BCUT2D eigenvalue weighted by Gasteiger charge is -2.17. The van der Waals surface area contributed by atoms with Crippen molar-refractivity contribution in [3.05, 3.63) is 40.8 Å². The van der Waals surface area contributed by atoms with Crippen LogP contribution in [0, 0.1) is 13.8 Å². The molecule has 10 heteroatoms. The highest BCUT2D eigenvalue weighted by molar-refractivity contribution is 14.0. The molecule has 0 unspecified atom stereocenters. The molecule has 0 amide bonds.